The van der Waals surface area contributed by atoms with Gasteiger partial charge in [0, 0.05) is 5.60 Å². The second kappa shape index (κ2) is 6.43. The zero-order chi connectivity index (χ0) is 9.45. The average molecular weight is 186 g/mol. The number of hydrogen-bond donors (Lipinski definition) is 0. The number of unbranched alkanes of at least 4 members (excludes halogenated alkanes) is 2. The molecule has 0 spiro atoms. The van der Waals surface area contributed by atoms with Crippen molar-refractivity contribution < 1.29 is 4.43 Å². The zero-order valence-electron chi connectivity index (χ0n) is 8.73. The normalized spacial score (nSPS) is 12.6. The molecule has 0 rings (SSSR count). The van der Waals surface area contributed by atoms with Crippen molar-refractivity contribution in [2.75, 3.05) is 0 Å². The summed E-state index contributed by atoms with van der Waals surface area (Å²) in [4.78, 5) is 0. The predicted octanol–water partition coefficient (Wildman–Crippen LogP) is 2.66. The van der Waals surface area contributed by atoms with E-state index in [1.807, 2.05) is 6.08 Å². The Labute approximate surface area is 79.1 Å². The van der Waals surface area contributed by atoms with Gasteiger partial charge in [0.15, 0.2) is 9.76 Å². The minimum Gasteiger partial charge on any atom is -0.419 e. The number of hydrogen-bond acceptors (Lipinski definition) is 1. The maximum atomic E-state index is 5.72. The lowest BCUT2D eigenvalue weighted by molar-refractivity contribution is 0.138. The van der Waals surface area contributed by atoms with Crippen LogP contribution in [0, 0.1) is 0 Å². The molecule has 0 aromatic carbocycles. The third-order valence-electron chi connectivity index (χ3n) is 1.59. The molecule has 2 heteroatoms. The van der Waals surface area contributed by atoms with Gasteiger partial charge in [-0.25, -0.2) is 0 Å². The SMILES string of the molecule is C=CCCCC[SiH2]OC(C)(C)C. The Bertz CT molecular complexity index is 115. The van der Waals surface area contributed by atoms with Crippen molar-refractivity contribution in [3.05, 3.63) is 12.7 Å². The monoisotopic (exact) mass is 186 g/mol. The third-order valence-corrected chi connectivity index (χ3v) is 3.45. The van der Waals surface area contributed by atoms with Crippen molar-refractivity contribution >= 4 is 9.76 Å². The van der Waals surface area contributed by atoms with Gasteiger partial charge in [0.25, 0.3) is 0 Å². The number of allylic oxidation sites excluding steroid dienone is 1. The minimum absolute atomic E-state index is 0.0880. The summed E-state index contributed by atoms with van der Waals surface area (Å²) >= 11 is 0. The Hall–Kier alpha value is -0.0831. The molecule has 72 valence electrons. The van der Waals surface area contributed by atoms with Gasteiger partial charge in [-0.05, 0) is 33.2 Å². The molecule has 0 bridgehead atoms. The molecule has 0 heterocycles. The fourth-order valence-electron chi connectivity index (χ4n) is 0.946. The van der Waals surface area contributed by atoms with Crippen molar-refractivity contribution in [1.82, 2.24) is 0 Å². The molecule has 0 amide bonds. The van der Waals surface area contributed by atoms with Gasteiger partial charge in [-0.15, -0.1) is 6.58 Å². The molecule has 0 unspecified atom stereocenters. The molecular formula is C10H22OSi. The molecule has 0 fully saturated rings. The van der Waals surface area contributed by atoms with E-state index in [2.05, 4.69) is 27.4 Å². The van der Waals surface area contributed by atoms with Crippen LogP contribution in [0.15, 0.2) is 12.7 Å². The summed E-state index contributed by atoms with van der Waals surface area (Å²) in [6.45, 7) is 10.1. The number of rotatable bonds is 6. The van der Waals surface area contributed by atoms with Crippen LogP contribution in [0.2, 0.25) is 6.04 Å². The summed E-state index contributed by atoms with van der Waals surface area (Å²) in [5, 5.41) is 0. The molecule has 0 atom stereocenters. The molecule has 0 aromatic heterocycles. The van der Waals surface area contributed by atoms with E-state index in [1.54, 1.807) is 0 Å². The molecule has 0 radical (unpaired) electrons. The zero-order valence-corrected chi connectivity index (χ0v) is 10.1. The van der Waals surface area contributed by atoms with Gasteiger partial charge < -0.3 is 4.43 Å². The minimum atomic E-state index is -0.255. The van der Waals surface area contributed by atoms with Gasteiger partial charge in [-0.3, -0.25) is 0 Å². The molecule has 0 N–H and O–H groups in total. The fraction of sp³-hybridized carbons (Fsp3) is 0.800. The third kappa shape index (κ3) is 9.92. The van der Waals surface area contributed by atoms with Crippen LogP contribution in [0.4, 0.5) is 0 Å². The average Bonchev–Trinajstić information content (AvgIpc) is 1.94. The van der Waals surface area contributed by atoms with E-state index in [4.69, 9.17) is 4.43 Å². The highest BCUT2D eigenvalue weighted by molar-refractivity contribution is 6.27. The van der Waals surface area contributed by atoms with Crippen LogP contribution >= 0.6 is 0 Å². The van der Waals surface area contributed by atoms with Gasteiger partial charge >= 0.3 is 0 Å². The molecule has 0 saturated heterocycles. The predicted molar refractivity (Wildman–Crippen MR) is 58.2 cm³/mol. The highest BCUT2D eigenvalue weighted by Crippen LogP contribution is 2.08. The summed E-state index contributed by atoms with van der Waals surface area (Å²) in [5.41, 5.74) is 0.0880. The van der Waals surface area contributed by atoms with Crippen LogP contribution < -0.4 is 0 Å². The highest BCUT2D eigenvalue weighted by atomic mass is 28.2. The Morgan fingerprint density at radius 3 is 2.50 bits per heavy atom. The van der Waals surface area contributed by atoms with Crippen molar-refractivity contribution in [2.45, 2.75) is 51.7 Å². The summed E-state index contributed by atoms with van der Waals surface area (Å²) in [5.74, 6) is 0. The first-order valence-electron chi connectivity index (χ1n) is 4.81. The van der Waals surface area contributed by atoms with Crippen molar-refractivity contribution in [1.29, 1.82) is 0 Å². The second-order valence-electron chi connectivity index (χ2n) is 4.10. The van der Waals surface area contributed by atoms with E-state index < -0.39 is 0 Å². The van der Waals surface area contributed by atoms with Crippen molar-refractivity contribution in [2.24, 2.45) is 0 Å². The molecule has 0 aromatic rings. The highest BCUT2D eigenvalue weighted by Gasteiger charge is 2.08. The summed E-state index contributed by atoms with van der Waals surface area (Å²) in [7, 11) is -0.255. The van der Waals surface area contributed by atoms with Crippen molar-refractivity contribution in [3.63, 3.8) is 0 Å². The smallest absolute Gasteiger partial charge is 0.162 e. The molecule has 0 aliphatic rings. The lowest BCUT2D eigenvalue weighted by Crippen LogP contribution is -2.21. The Balaban J connectivity index is 3.06. The quantitative estimate of drug-likeness (QED) is 0.352. The first-order chi connectivity index (χ1) is 5.56. The molecule has 1 nitrogen and oxygen atoms in total. The van der Waals surface area contributed by atoms with E-state index in [0.29, 0.717) is 0 Å². The Morgan fingerprint density at radius 1 is 1.33 bits per heavy atom. The van der Waals surface area contributed by atoms with Crippen molar-refractivity contribution in [3.8, 4) is 0 Å². The summed E-state index contributed by atoms with van der Waals surface area (Å²) in [6.07, 6.45) is 5.74. The van der Waals surface area contributed by atoms with Crippen LogP contribution in [0.3, 0.4) is 0 Å². The lowest BCUT2D eigenvalue weighted by atomic mass is 10.2. The Morgan fingerprint density at radius 2 is 2.00 bits per heavy atom. The van der Waals surface area contributed by atoms with E-state index >= 15 is 0 Å². The van der Waals surface area contributed by atoms with Crippen LogP contribution in [-0.4, -0.2) is 15.4 Å². The fourth-order valence-corrected chi connectivity index (χ4v) is 2.26. The van der Waals surface area contributed by atoms with Gasteiger partial charge in [-0.2, -0.15) is 0 Å². The maximum absolute atomic E-state index is 5.72. The van der Waals surface area contributed by atoms with E-state index in [-0.39, 0.29) is 15.4 Å². The molecule has 0 aliphatic heterocycles. The standard InChI is InChI=1S/C10H22OSi/c1-5-6-7-8-9-12-11-10(2,3)4/h5H,1,6-9,12H2,2-4H3. The van der Waals surface area contributed by atoms with Crippen LogP contribution in [0.1, 0.15) is 40.0 Å². The second-order valence-corrected chi connectivity index (χ2v) is 5.50. The first kappa shape index (κ1) is 11.9. The molecular weight excluding hydrogens is 164 g/mol. The Kier molecular flexibility index (Phi) is 6.39. The maximum Gasteiger partial charge on any atom is 0.162 e. The van der Waals surface area contributed by atoms with Crippen LogP contribution in [0.25, 0.3) is 0 Å². The lowest BCUT2D eigenvalue weighted by Gasteiger charge is -2.19. The van der Waals surface area contributed by atoms with Gasteiger partial charge in [0.1, 0.15) is 0 Å². The largest absolute Gasteiger partial charge is 0.419 e. The van der Waals surface area contributed by atoms with E-state index in [0.717, 1.165) is 6.42 Å². The van der Waals surface area contributed by atoms with Gasteiger partial charge in [-0.1, -0.05) is 18.9 Å². The molecule has 0 aliphatic carbocycles. The summed E-state index contributed by atoms with van der Waals surface area (Å²) < 4.78 is 5.72. The molecule has 0 saturated carbocycles. The van der Waals surface area contributed by atoms with E-state index in [1.165, 1.54) is 18.9 Å². The topological polar surface area (TPSA) is 9.23 Å². The van der Waals surface area contributed by atoms with E-state index in [9.17, 15) is 0 Å². The first-order valence-corrected chi connectivity index (χ1v) is 6.39. The van der Waals surface area contributed by atoms with Crippen LogP contribution in [-0.2, 0) is 4.43 Å². The summed E-state index contributed by atoms with van der Waals surface area (Å²) in [6, 6.07) is 1.31. The van der Waals surface area contributed by atoms with Gasteiger partial charge in [0.2, 0.25) is 0 Å². The van der Waals surface area contributed by atoms with Crippen LogP contribution in [0.5, 0.6) is 0 Å². The van der Waals surface area contributed by atoms with Gasteiger partial charge in [0.05, 0.1) is 0 Å². The molecule has 12 heavy (non-hydrogen) atoms.